The van der Waals surface area contributed by atoms with E-state index in [1.54, 1.807) is 13.3 Å². The fraction of sp³-hybridized carbons (Fsp3) is 0.455. The van der Waals surface area contributed by atoms with Crippen LogP contribution in [0.25, 0.3) is 0 Å². The molecule has 0 atom stereocenters. The Hall–Kier alpha value is -2.76. The van der Waals surface area contributed by atoms with Gasteiger partial charge in [-0.1, -0.05) is 19.8 Å². The van der Waals surface area contributed by atoms with E-state index in [1.165, 1.54) is 5.69 Å². The molecule has 6 nitrogen and oxygen atoms in total. The minimum atomic E-state index is -0.0395. The number of nitrogens with one attached hydrogen (secondary N) is 1. The van der Waals surface area contributed by atoms with Gasteiger partial charge in [-0.3, -0.25) is 9.78 Å². The Morgan fingerprint density at radius 2 is 1.71 bits per heavy atom. The summed E-state index contributed by atoms with van der Waals surface area (Å²) in [5.41, 5.74) is 2.85. The summed E-state index contributed by atoms with van der Waals surface area (Å²) in [6.07, 6.45) is 6.79. The Bertz CT molecular complexity index is 755. The number of carbonyl (C=O) groups is 1. The highest BCUT2D eigenvalue weighted by molar-refractivity contribution is 5.94. The minimum Gasteiger partial charge on any atom is -0.497 e. The molecular weight excluding hydrogens is 352 g/mol. The molecule has 1 aromatic heterocycles. The van der Waals surface area contributed by atoms with Crippen LogP contribution in [0.1, 0.15) is 36.5 Å². The van der Waals surface area contributed by atoms with Crippen molar-refractivity contribution in [2.45, 2.75) is 26.2 Å². The first kappa shape index (κ1) is 20.0. The molecule has 1 aliphatic heterocycles. The molecule has 0 saturated carbocycles. The number of carbonyl (C=O) groups excluding carboxylic acids is 1. The Balaban J connectivity index is 1.55. The number of hydrogen-bond acceptors (Lipinski definition) is 5. The molecule has 1 fully saturated rings. The zero-order chi connectivity index (χ0) is 19.8. The summed E-state index contributed by atoms with van der Waals surface area (Å²) in [7, 11) is 1.68. The van der Waals surface area contributed by atoms with Crippen molar-refractivity contribution in [2.24, 2.45) is 0 Å². The molecule has 1 N–H and O–H groups in total. The van der Waals surface area contributed by atoms with E-state index < -0.39 is 0 Å². The molecule has 1 saturated heterocycles. The number of piperazine rings is 1. The van der Waals surface area contributed by atoms with Crippen molar-refractivity contribution in [3.63, 3.8) is 0 Å². The smallest absolute Gasteiger partial charge is 0.252 e. The maximum atomic E-state index is 12.3. The van der Waals surface area contributed by atoms with E-state index in [0.717, 1.165) is 63.4 Å². The first-order valence-corrected chi connectivity index (χ1v) is 10.1. The molecule has 3 rings (SSSR count). The molecule has 0 bridgehead atoms. The predicted octanol–water partition coefficient (Wildman–Crippen LogP) is 3.34. The van der Waals surface area contributed by atoms with Crippen LogP contribution in [-0.2, 0) is 0 Å². The Labute approximate surface area is 167 Å². The van der Waals surface area contributed by atoms with Gasteiger partial charge in [-0.2, -0.15) is 0 Å². The highest BCUT2D eigenvalue weighted by atomic mass is 16.5. The number of pyridine rings is 1. The van der Waals surface area contributed by atoms with Crippen LogP contribution in [0.15, 0.2) is 42.7 Å². The Kier molecular flexibility index (Phi) is 7.12. The van der Waals surface area contributed by atoms with E-state index in [1.807, 2.05) is 24.4 Å². The number of amides is 1. The molecule has 0 spiro atoms. The number of nitrogens with zero attached hydrogens (tertiary/aromatic N) is 3. The van der Waals surface area contributed by atoms with Crippen molar-refractivity contribution >= 4 is 17.3 Å². The van der Waals surface area contributed by atoms with Crippen LogP contribution in [0.4, 0.5) is 11.4 Å². The van der Waals surface area contributed by atoms with E-state index in [9.17, 15) is 4.79 Å². The number of anilines is 2. The largest absolute Gasteiger partial charge is 0.497 e. The van der Waals surface area contributed by atoms with Crippen molar-refractivity contribution in [3.05, 3.63) is 48.3 Å². The van der Waals surface area contributed by atoms with Gasteiger partial charge >= 0.3 is 0 Å². The third kappa shape index (κ3) is 5.15. The molecule has 150 valence electrons. The lowest BCUT2D eigenvalue weighted by Gasteiger charge is -2.37. The maximum Gasteiger partial charge on any atom is 0.252 e. The van der Waals surface area contributed by atoms with Gasteiger partial charge in [0.1, 0.15) is 5.75 Å². The van der Waals surface area contributed by atoms with Gasteiger partial charge < -0.3 is 19.9 Å². The number of aromatic nitrogens is 1. The summed E-state index contributed by atoms with van der Waals surface area (Å²) in [6.45, 7) is 6.53. The lowest BCUT2D eigenvalue weighted by atomic mass is 10.2. The topological polar surface area (TPSA) is 57.7 Å². The molecule has 0 unspecified atom stereocenters. The molecule has 1 aliphatic rings. The molecule has 1 aromatic carbocycles. The van der Waals surface area contributed by atoms with Crippen molar-refractivity contribution in [1.29, 1.82) is 0 Å². The lowest BCUT2D eigenvalue weighted by molar-refractivity contribution is 0.0952. The summed E-state index contributed by atoms with van der Waals surface area (Å²) in [5, 5.41) is 2.99. The van der Waals surface area contributed by atoms with E-state index in [4.69, 9.17) is 4.74 Å². The molecule has 6 heteroatoms. The molecule has 2 aromatic rings. The number of unbranched alkanes of at least 4 members (excludes halogenated alkanes) is 2. The fourth-order valence-electron chi connectivity index (χ4n) is 3.42. The quantitative estimate of drug-likeness (QED) is 0.710. The number of hydrogen-bond donors (Lipinski definition) is 1. The number of ether oxygens (including phenoxy) is 1. The third-order valence-corrected chi connectivity index (χ3v) is 5.13. The van der Waals surface area contributed by atoms with Crippen molar-refractivity contribution in [3.8, 4) is 5.75 Å². The zero-order valence-electron chi connectivity index (χ0n) is 16.9. The van der Waals surface area contributed by atoms with Crippen LogP contribution in [0.3, 0.4) is 0 Å². The van der Waals surface area contributed by atoms with Crippen LogP contribution in [0.5, 0.6) is 5.75 Å². The highest BCUT2D eigenvalue weighted by Crippen LogP contribution is 2.23. The normalized spacial score (nSPS) is 14.1. The molecule has 0 radical (unpaired) electrons. The van der Waals surface area contributed by atoms with E-state index in [-0.39, 0.29) is 5.91 Å². The maximum absolute atomic E-state index is 12.3. The third-order valence-electron chi connectivity index (χ3n) is 5.13. The molecular formula is C22H30N4O2. The van der Waals surface area contributed by atoms with Gasteiger partial charge in [-0.15, -0.1) is 0 Å². The average molecular weight is 383 g/mol. The molecule has 2 heterocycles. The number of rotatable bonds is 8. The van der Waals surface area contributed by atoms with Crippen molar-refractivity contribution < 1.29 is 9.53 Å². The van der Waals surface area contributed by atoms with Crippen LogP contribution in [0, 0.1) is 0 Å². The van der Waals surface area contributed by atoms with Crippen LogP contribution in [-0.4, -0.2) is 50.7 Å². The van der Waals surface area contributed by atoms with Crippen molar-refractivity contribution in [1.82, 2.24) is 10.3 Å². The Morgan fingerprint density at radius 1 is 1.04 bits per heavy atom. The Morgan fingerprint density at radius 3 is 2.36 bits per heavy atom. The van der Waals surface area contributed by atoms with E-state index in [2.05, 4.69) is 39.2 Å². The average Bonchev–Trinajstić information content (AvgIpc) is 2.77. The summed E-state index contributed by atoms with van der Waals surface area (Å²) < 4.78 is 5.23. The second-order valence-electron chi connectivity index (χ2n) is 7.07. The van der Waals surface area contributed by atoms with Gasteiger partial charge in [0.05, 0.1) is 24.6 Å². The SMILES string of the molecule is CCCCCNC(=O)c1cncc(N2CCN(c3ccc(OC)cc3)CC2)c1. The summed E-state index contributed by atoms with van der Waals surface area (Å²) in [6, 6.07) is 10.1. The fourth-order valence-corrected chi connectivity index (χ4v) is 3.42. The van der Waals surface area contributed by atoms with Gasteiger partial charge in [0.25, 0.3) is 5.91 Å². The van der Waals surface area contributed by atoms with Crippen LogP contribution >= 0.6 is 0 Å². The van der Waals surface area contributed by atoms with E-state index >= 15 is 0 Å². The summed E-state index contributed by atoms with van der Waals surface area (Å²) >= 11 is 0. The second-order valence-corrected chi connectivity index (χ2v) is 7.07. The van der Waals surface area contributed by atoms with E-state index in [0.29, 0.717) is 5.56 Å². The first-order valence-electron chi connectivity index (χ1n) is 10.1. The van der Waals surface area contributed by atoms with Gasteiger partial charge in [0.2, 0.25) is 0 Å². The van der Waals surface area contributed by atoms with Gasteiger partial charge in [-0.25, -0.2) is 0 Å². The molecule has 1 amide bonds. The standard InChI is InChI=1S/C22H30N4O2/c1-3-4-5-10-24-22(27)18-15-20(17-23-16-18)26-13-11-25(12-14-26)19-6-8-21(28-2)9-7-19/h6-9,15-17H,3-5,10-14H2,1-2H3,(H,24,27). The second kappa shape index (κ2) is 9.97. The van der Waals surface area contributed by atoms with Gasteiger partial charge in [0.15, 0.2) is 0 Å². The number of benzene rings is 1. The first-order chi connectivity index (χ1) is 13.7. The summed E-state index contributed by atoms with van der Waals surface area (Å²) in [5.74, 6) is 0.834. The lowest BCUT2D eigenvalue weighted by Crippen LogP contribution is -2.46. The van der Waals surface area contributed by atoms with Crippen LogP contribution < -0.4 is 19.9 Å². The highest BCUT2D eigenvalue weighted by Gasteiger charge is 2.19. The monoisotopic (exact) mass is 382 g/mol. The van der Waals surface area contributed by atoms with Gasteiger partial charge in [-0.05, 0) is 36.8 Å². The minimum absolute atomic E-state index is 0.0395. The zero-order valence-corrected chi connectivity index (χ0v) is 16.9. The van der Waals surface area contributed by atoms with Gasteiger partial charge in [0, 0.05) is 44.6 Å². The predicted molar refractivity (Wildman–Crippen MR) is 114 cm³/mol. The van der Waals surface area contributed by atoms with Crippen molar-refractivity contribution in [2.75, 3.05) is 49.6 Å². The molecule has 28 heavy (non-hydrogen) atoms. The number of methoxy groups -OCH3 is 1. The molecule has 0 aliphatic carbocycles. The summed E-state index contributed by atoms with van der Waals surface area (Å²) in [4.78, 5) is 21.3. The van der Waals surface area contributed by atoms with Crippen LogP contribution in [0.2, 0.25) is 0 Å².